The van der Waals surface area contributed by atoms with Gasteiger partial charge in [0, 0.05) is 31.7 Å². The van der Waals surface area contributed by atoms with Crippen molar-refractivity contribution in [3.63, 3.8) is 0 Å². The number of carbonyl (C=O) groups is 4. The molecule has 0 radical (unpaired) electrons. The standard InChI is InChI=1S/C26H44O6S.C25H43NO3.C5H8O4/c1-16(6-9-23(28)31-4)19-7-8-20-24-21(11-13-26(19,20)3)25(2)12-10-18(32-33(5,29)30)14-17(25)15-22(24)27;1-15(5-8-22(28)29-4)18-6-7-19-23-20(10-12-25(18,19)3)24(2)11-9-17(26)13-16(24)14-21(23)27;6-4(7)2-1-3-5(8)9/h16-22,24,27H,6-15H2,1-5H3;15-21,23,27H,5-14,26H2,1-4H3;1-3H2,(H,6,7)(H,8,9)/t16-,17?,18+,19-,20-,21-,22+,24?,25+,26-;15-,16?,17+,18-,19-,20-,21+,23?,24+,25-;/m11./s1. The molecule has 0 bridgehead atoms. The maximum atomic E-state index is 11.7. The van der Waals surface area contributed by atoms with Crippen LogP contribution < -0.4 is 5.73 Å². The average molecular weight is 1020 g/mol. The van der Waals surface area contributed by atoms with Crippen molar-refractivity contribution in [2.24, 2.45) is 98.4 Å². The molecular weight excluding hydrogens is 927 g/mol. The molecule has 0 aromatic heterocycles. The van der Waals surface area contributed by atoms with Gasteiger partial charge >= 0.3 is 23.9 Å². The fourth-order valence-electron chi connectivity index (χ4n) is 18.4. The van der Waals surface area contributed by atoms with Crippen LogP contribution in [0, 0.1) is 92.7 Å². The average Bonchev–Trinajstić information content (AvgIpc) is 3.84. The van der Waals surface area contributed by atoms with Crippen LogP contribution in [0.2, 0.25) is 0 Å². The Morgan fingerprint density at radius 2 is 0.972 bits per heavy atom. The van der Waals surface area contributed by atoms with Crippen molar-refractivity contribution in [1.29, 1.82) is 0 Å². The summed E-state index contributed by atoms with van der Waals surface area (Å²) in [7, 11) is -0.514. The van der Waals surface area contributed by atoms with E-state index in [9.17, 15) is 37.8 Å². The molecule has 0 aromatic rings. The van der Waals surface area contributed by atoms with Crippen LogP contribution in [0.15, 0.2) is 0 Å². The lowest BCUT2D eigenvalue weighted by molar-refractivity contribution is -0.172. The molecule has 0 aliphatic heterocycles. The molecule has 4 unspecified atom stereocenters. The van der Waals surface area contributed by atoms with Gasteiger partial charge in [0.2, 0.25) is 0 Å². The molecule has 0 amide bonds. The van der Waals surface area contributed by atoms with Crippen molar-refractivity contribution >= 4 is 34.0 Å². The number of hydrogen-bond donors (Lipinski definition) is 5. The number of fused-ring (bicyclic) bond motifs is 10. The summed E-state index contributed by atoms with van der Waals surface area (Å²) in [5.41, 5.74) is 7.37. The molecule has 8 rings (SSSR count). The Hall–Kier alpha value is -2.33. The van der Waals surface area contributed by atoms with Gasteiger partial charge in [-0.2, -0.15) is 8.42 Å². The third kappa shape index (κ3) is 12.5. The molecule has 14 nitrogen and oxygen atoms in total. The van der Waals surface area contributed by atoms with Gasteiger partial charge in [-0.05, 0) is 215 Å². The van der Waals surface area contributed by atoms with E-state index in [1.807, 2.05) is 0 Å². The lowest BCUT2D eigenvalue weighted by atomic mass is 9.43. The summed E-state index contributed by atoms with van der Waals surface area (Å²) < 4.78 is 38.5. The van der Waals surface area contributed by atoms with Gasteiger partial charge in [-0.25, -0.2) is 0 Å². The van der Waals surface area contributed by atoms with Crippen LogP contribution >= 0.6 is 0 Å². The van der Waals surface area contributed by atoms with Crippen LogP contribution in [0.1, 0.15) is 189 Å². The van der Waals surface area contributed by atoms with E-state index in [2.05, 4.69) is 41.5 Å². The highest BCUT2D eigenvalue weighted by molar-refractivity contribution is 7.86. The van der Waals surface area contributed by atoms with E-state index in [0.717, 1.165) is 70.5 Å². The Balaban J connectivity index is 0.000000200. The van der Waals surface area contributed by atoms with Crippen molar-refractivity contribution in [2.45, 2.75) is 214 Å². The molecule has 71 heavy (non-hydrogen) atoms. The molecule has 0 aromatic carbocycles. The Kier molecular flexibility index (Phi) is 19.0. The SMILES string of the molecule is COC(=O)CC[C@@H](C)[C@H]1CC[C@@H]2C3[C@@H](CC[C@@]21C)[C@@]1(C)CC[C@H](N)CC1C[C@@H]3O.COC(=O)CC[C@@H](C)[C@H]1CC[C@@H]2C3[C@@H](CC[C@@]21C)[C@@]1(C)CC[C@H](OS(C)(=O)=O)CC1C[C@@H]3O.O=C(O)CCCC(=O)O. The van der Waals surface area contributed by atoms with Gasteiger partial charge in [0.05, 0.1) is 38.8 Å². The number of rotatable bonds is 14. The van der Waals surface area contributed by atoms with Crippen molar-refractivity contribution in [3.05, 3.63) is 0 Å². The van der Waals surface area contributed by atoms with E-state index in [-0.39, 0.29) is 60.3 Å². The second-order valence-electron chi connectivity index (χ2n) is 25.6. The van der Waals surface area contributed by atoms with Gasteiger partial charge in [-0.3, -0.25) is 23.4 Å². The number of ether oxygens (including phenoxy) is 2. The third-order valence-corrected chi connectivity index (χ3v) is 22.7. The molecule has 20 atom stereocenters. The van der Waals surface area contributed by atoms with E-state index in [1.165, 1.54) is 65.6 Å². The topological polar surface area (TPSA) is 237 Å². The highest BCUT2D eigenvalue weighted by Crippen LogP contribution is 2.70. The monoisotopic (exact) mass is 1020 g/mol. The number of carboxylic acids is 2. The fraction of sp³-hybridized carbons (Fsp3) is 0.929. The Bertz CT molecular complexity index is 1950. The first kappa shape index (κ1) is 57.9. The summed E-state index contributed by atoms with van der Waals surface area (Å²) in [6.45, 7) is 14.5. The molecule has 0 saturated heterocycles. The number of carbonyl (C=O) groups excluding carboxylic acids is 2. The number of methoxy groups -OCH3 is 2. The fourth-order valence-corrected chi connectivity index (χ4v) is 19.1. The number of carboxylic acid groups (broad SMARTS) is 2. The lowest BCUT2D eigenvalue weighted by Crippen LogP contribution is -2.59. The predicted molar refractivity (Wildman–Crippen MR) is 271 cm³/mol. The minimum absolute atomic E-state index is 0.0632. The van der Waals surface area contributed by atoms with Gasteiger partial charge in [0.1, 0.15) is 0 Å². The Morgan fingerprint density at radius 1 is 0.577 bits per heavy atom. The predicted octanol–water partition coefficient (Wildman–Crippen LogP) is 9.41. The summed E-state index contributed by atoms with van der Waals surface area (Å²) in [4.78, 5) is 42.9. The van der Waals surface area contributed by atoms with Crippen LogP contribution in [0.25, 0.3) is 0 Å². The minimum atomic E-state index is -3.46. The summed E-state index contributed by atoms with van der Waals surface area (Å²) in [5, 5.41) is 38.9. The summed E-state index contributed by atoms with van der Waals surface area (Å²) in [5.74, 6) is 4.18. The molecule has 8 saturated carbocycles. The van der Waals surface area contributed by atoms with E-state index in [4.69, 9.17) is 29.6 Å². The van der Waals surface area contributed by atoms with Crippen LogP contribution in [0.5, 0.6) is 0 Å². The molecule has 8 aliphatic carbocycles. The number of aliphatic hydroxyl groups excluding tert-OH is 2. The van der Waals surface area contributed by atoms with Crippen molar-refractivity contribution in [1.82, 2.24) is 0 Å². The number of hydrogen-bond acceptors (Lipinski definition) is 12. The number of esters is 2. The summed E-state index contributed by atoms with van der Waals surface area (Å²) in [6, 6.07) is 0.331. The normalized spacial score (nSPS) is 43.0. The van der Waals surface area contributed by atoms with Crippen LogP contribution in [0.4, 0.5) is 0 Å². The molecule has 8 aliphatic rings. The molecule has 6 N–H and O–H groups in total. The first-order chi connectivity index (χ1) is 33.2. The molecule has 0 spiro atoms. The van der Waals surface area contributed by atoms with Crippen molar-refractivity contribution in [3.8, 4) is 0 Å². The highest BCUT2D eigenvalue weighted by Gasteiger charge is 2.65. The van der Waals surface area contributed by atoms with E-state index in [1.54, 1.807) is 0 Å². The first-order valence-electron chi connectivity index (χ1n) is 27.8. The zero-order valence-corrected chi connectivity index (χ0v) is 45.8. The third-order valence-electron chi connectivity index (χ3n) is 22.0. The summed E-state index contributed by atoms with van der Waals surface area (Å²) >= 11 is 0. The second-order valence-corrected chi connectivity index (χ2v) is 27.2. The Morgan fingerprint density at radius 3 is 1.38 bits per heavy atom. The van der Waals surface area contributed by atoms with Crippen LogP contribution in [0.3, 0.4) is 0 Å². The van der Waals surface area contributed by atoms with Crippen LogP contribution in [-0.4, -0.2) is 97.6 Å². The minimum Gasteiger partial charge on any atom is -0.481 e. The van der Waals surface area contributed by atoms with E-state index in [0.29, 0.717) is 101 Å². The summed E-state index contributed by atoms with van der Waals surface area (Å²) in [6.07, 6.45) is 20.8. The zero-order valence-electron chi connectivity index (χ0n) is 44.9. The largest absolute Gasteiger partial charge is 0.481 e. The second kappa shape index (κ2) is 23.3. The van der Waals surface area contributed by atoms with Gasteiger partial charge in [-0.1, -0.05) is 41.5 Å². The van der Waals surface area contributed by atoms with Gasteiger partial charge < -0.3 is 35.6 Å². The lowest BCUT2D eigenvalue weighted by Gasteiger charge is -2.62. The molecular formula is C56H95NO13S. The van der Waals surface area contributed by atoms with Gasteiger partial charge in [0.15, 0.2) is 0 Å². The number of aliphatic hydroxyl groups is 2. The smallest absolute Gasteiger partial charge is 0.305 e. The number of aliphatic carboxylic acids is 2. The van der Waals surface area contributed by atoms with Crippen molar-refractivity contribution < 1.29 is 61.7 Å². The van der Waals surface area contributed by atoms with Crippen LogP contribution in [-0.2, 0) is 43.0 Å². The molecule has 15 heteroatoms. The zero-order chi connectivity index (χ0) is 52.4. The number of nitrogens with two attached hydrogens (primary N) is 1. The van der Waals surface area contributed by atoms with Crippen molar-refractivity contribution in [2.75, 3.05) is 20.5 Å². The van der Waals surface area contributed by atoms with Gasteiger partial charge in [-0.15, -0.1) is 0 Å². The first-order valence-corrected chi connectivity index (χ1v) is 29.6. The van der Waals surface area contributed by atoms with E-state index >= 15 is 0 Å². The maximum absolute atomic E-state index is 11.7. The molecule has 8 fully saturated rings. The maximum Gasteiger partial charge on any atom is 0.305 e. The Labute approximate surface area is 426 Å². The molecule has 408 valence electrons. The van der Waals surface area contributed by atoms with E-state index < -0.39 is 22.1 Å². The quantitative estimate of drug-likeness (QED) is 0.0805. The molecule has 0 heterocycles. The van der Waals surface area contributed by atoms with Gasteiger partial charge in [0.25, 0.3) is 10.1 Å². The highest BCUT2D eigenvalue weighted by atomic mass is 32.2.